The van der Waals surface area contributed by atoms with Gasteiger partial charge in [-0.25, -0.2) is 0 Å². The highest BCUT2D eigenvalue weighted by molar-refractivity contribution is 5.79. The number of nitrogens with zero attached hydrogens (tertiary/aromatic N) is 2. The molecule has 130 valence electrons. The van der Waals surface area contributed by atoms with Crippen molar-refractivity contribution in [2.75, 3.05) is 26.2 Å². The van der Waals surface area contributed by atoms with Gasteiger partial charge in [-0.05, 0) is 43.2 Å². The molecule has 2 aliphatic carbocycles. The van der Waals surface area contributed by atoms with Crippen LogP contribution in [0.2, 0.25) is 0 Å². The lowest BCUT2D eigenvalue weighted by atomic mass is 9.86. The third-order valence-electron chi connectivity index (χ3n) is 6.17. The minimum Gasteiger partial charge on any atom is -0.393 e. The minimum absolute atomic E-state index is 0.0519. The molecule has 0 bridgehead atoms. The van der Waals surface area contributed by atoms with Gasteiger partial charge in [-0.1, -0.05) is 30.7 Å². The number of piperazine rings is 1. The van der Waals surface area contributed by atoms with Crippen molar-refractivity contribution in [3.63, 3.8) is 0 Å². The summed E-state index contributed by atoms with van der Waals surface area (Å²) in [6, 6.07) is 9.39. The third kappa shape index (κ3) is 3.22. The van der Waals surface area contributed by atoms with Crippen molar-refractivity contribution in [3.05, 3.63) is 35.4 Å². The Balaban J connectivity index is 1.30. The summed E-state index contributed by atoms with van der Waals surface area (Å²) in [6.07, 6.45) is 5.49. The lowest BCUT2D eigenvalue weighted by Crippen LogP contribution is -2.53. The van der Waals surface area contributed by atoms with Gasteiger partial charge in [-0.15, -0.1) is 0 Å². The normalized spacial score (nSPS) is 28.8. The van der Waals surface area contributed by atoms with E-state index in [2.05, 4.69) is 29.2 Å². The zero-order chi connectivity index (χ0) is 16.5. The van der Waals surface area contributed by atoms with Crippen molar-refractivity contribution in [1.29, 1.82) is 0 Å². The van der Waals surface area contributed by atoms with E-state index >= 15 is 0 Å². The molecule has 1 aromatic rings. The molecule has 2 fully saturated rings. The molecule has 1 aromatic carbocycles. The molecular weight excluding hydrogens is 300 g/mol. The molecule has 3 aliphatic rings. The first-order valence-corrected chi connectivity index (χ1v) is 9.48. The lowest BCUT2D eigenvalue weighted by Gasteiger charge is -2.40. The molecule has 4 rings (SSSR count). The van der Waals surface area contributed by atoms with Gasteiger partial charge >= 0.3 is 0 Å². The summed E-state index contributed by atoms with van der Waals surface area (Å²) in [5, 5.41) is 9.82. The Morgan fingerprint density at radius 1 is 1.00 bits per heavy atom. The number of hydrogen-bond acceptors (Lipinski definition) is 3. The minimum atomic E-state index is -0.272. The smallest absolute Gasteiger partial charge is 0.225 e. The van der Waals surface area contributed by atoms with Crippen molar-refractivity contribution in [1.82, 2.24) is 9.80 Å². The van der Waals surface area contributed by atoms with Crippen LogP contribution in [0.4, 0.5) is 0 Å². The first-order chi connectivity index (χ1) is 11.7. The molecule has 1 aliphatic heterocycles. The molecule has 1 heterocycles. The molecule has 4 heteroatoms. The highest BCUT2D eigenvalue weighted by atomic mass is 16.3. The predicted octanol–water partition coefficient (Wildman–Crippen LogP) is 1.85. The number of carbonyl (C=O) groups is 1. The molecule has 1 saturated heterocycles. The van der Waals surface area contributed by atoms with E-state index in [9.17, 15) is 9.90 Å². The molecule has 0 aromatic heterocycles. The Morgan fingerprint density at radius 2 is 1.67 bits per heavy atom. The van der Waals surface area contributed by atoms with Crippen LogP contribution in [0, 0.1) is 5.92 Å². The maximum Gasteiger partial charge on any atom is 0.225 e. The Bertz CT molecular complexity index is 570. The highest BCUT2D eigenvalue weighted by Gasteiger charge is 2.33. The summed E-state index contributed by atoms with van der Waals surface area (Å²) in [5.74, 6) is 0.333. The van der Waals surface area contributed by atoms with E-state index in [1.807, 2.05) is 4.90 Å². The third-order valence-corrected chi connectivity index (χ3v) is 6.17. The summed E-state index contributed by atoms with van der Waals surface area (Å²) in [6.45, 7) is 3.66. The van der Waals surface area contributed by atoms with Gasteiger partial charge in [0.25, 0.3) is 0 Å². The van der Waals surface area contributed by atoms with Crippen LogP contribution in [0.15, 0.2) is 24.3 Å². The molecule has 0 spiro atoms. The maximum atomic E-state index is 12.7. The number of amides is 1. The van der Waals surface area contributed by atoms with Gasteiger partial charge < -0.3 is 10.0 Å². The lowest BCUT2D eigenvalue weighted by molar-refractivity contribution is -0.140. The van der Waals surface area contributed by atoms with Crippen LogP contribution in [0.5, 0.6) is 0 Å². The number of rotatable bonds is 2. The van der Waals surface area contributed by atoms with Gasteiger partial charge in [-0.3, -0.25) is 9.69 Å². The van der Waals surface area contributed by atoms with E-state index in [4.69, 9.17) is 0 Å². The maximum absolute atomic E-state index is 12.7. The molecule has 4 nitrogen and oxygen atoms in total. The molecular formula is C20H28N2O2. The van der Waals surface area contributed by atoms with Crippen molar-refractivity contribution >= 4 is 5.91 Å². The van der Waals surface area contributed by atoms with Gasteiger partial charge in [0.15, 0.2) is 0 Å². The van der Waals surface area contributed by atoms with Crippen molar-refractivity contribution < 1.29 is 9.90 Å². The molecule has 24 heavy (non-hydrogen) atoms. The Hall–Kier alpha value is -1.39. The Labute approximate surface area is 144 Å². The predicted molar refractivity (Wildman–Crippen MR) is 93.8 cm³/mol. The quantitative estimate of drug-likeness (QED) is 0.901. The van der Waals surface area contributed by atoms with Gasteiger partial charge in [0.05, 0.1) is 6.10 Å². The molecule has 1 N–H and O–H groups in total. The summed E-state index contributed by atoms with van der Waals surface area (Å²) in [7, 11) is 0. The molecule has 0 radical (unpaired) electrons. The summed E-state index contributed by atoms with van der Waals surface area (Å²) >= 11 is 0. The van der Waals surface area contributed by atoms with E-state index in [0.29, 0.717) is 12.5 Å². The fourth-order valence-electron chi connectivity index (χ4n) is 4.75. The molecule has 0 unspecified atom stereocenters. The van der Waals surface area contributed by atoms with Gasteiger partial charge in [-0.2, -0.15) is 0 Å². The zero-order valence-corrected chi connectivity index (χ0v) is 14.4. The number of benzene rings is 1. The van der Waals surface area contributed by atoms with E-state index in [1.54, 1.807) is 0 Å². The van der Waals surface area contributed by atoms with Crippen molar-refractivity contribution in [2.24, 2.45) is 5.92 Å². The van der Waals surface area contributed by atoms with Gasteiger partial charge in [0, 0.05) is 38.1 Å². The second-order valence-electron chi connectivity index (χ2n) is 7.71. The summed E-state index contributed by atoms with van der Waals surface area (Å²) in [5.41, 5.74) is 2.99. The van der Waals surface area contributed by atoms with E-state index in [-0.39, 0.29) is 17.9 Å². The standard InChI is InChI=1S/C20H28N2O2/c23-19-7-3-6-17(14-19)20(24)22-10-8-21(9-11-22)18-12-15-4-1-2-5-16(15)13-18/h1-2,4-5,17-19,23H,3,6-14H2/t17-,19-/m0/s1. The fraction of sp³-hybridized carbons (Fsp3) is 0.650. The number of aliphatic hydroxyl groups excluding tert-OH is 1. The first-order valence-electron chi connectivity index (χ1n) is 9.48. The molecule has 1 amide bonds. The largest absolute Gasteiger partial charge is 0.393 e. The average molecular weight is 328 g/mol. The van der Waals surface area contributed by atoms with Crippen LogP contribution < -0.4 is 0 Å². The van der Waals surface area contributed by atoms with Crippen LogP contribution >= 0.6 is 0 Å². The topological polar surface area (TPSA) is 43.8 Å². The van der Waals surface area contributed by atoms with Crippen LogP contribution in [0.3, 0.4) is 0 Å². The number of fused-ring (bicyclic) bond motifs is 1. The van der Waals surface area contributed by atoms with Crippen LogP contribution in [-0.2, 0) is 17.6 Å². The van der Waals surface area contributed by atoms with Crippen molar-refractivity contribution in [2.45, 2.75) is 50.7 Å². The molecule has 2 atom stereocenters. The van der Waals surface area contributed by atoms with Gasteiger partial charge in [0.2, 0.25) is 5.91 Å². The SMILES string of the molecule is O=C([C@H]1CCC[C@H](O)C1)N1CCN(C2Cc3ccccc3C2)CC1. The van der Waals surface area contributed by atoms with E-state index in [1.165, 1.54) is 11.1 Å². The second kappa shape index (κ2) is 6.85. The first kappa shape index (κ1) is 16.1. The van der Waals surface area contributed by atoms with Crippen LogP contribution in [-0.4, -0.2) is 59.1 Å². The average Bonchev–Trinajstić information content (AvgIpc) is 3.05. The highest BCUT2D eigenvalue weighted by Crippen LogP contribution is 2.28. The van der Waals surface area contributed by atoms with E-state index in [0.717, 1.165) is 58.3 Å². The van der Waals surface area contributed by atoms with Crippen LogP contribution in [0.25, 0.3) is 0 Å². The summed E-state index contributed by atoms with van der Waals surface area (Å²) in [4.78, 5) is 17.3. The van der Waals surface area contributed by atoms with E-state index < -0.39 is 0 Å². The summed E-state index contributed by atoms with van der Waals surface area (Å²) < 4.78 is 0. The van der Waals surface area contributed by atoms with Gasteiger partial charge in [0.1, 0.15) is 0 Å². The fourth-order valence-corrected chi connectivity index (χ4v) is 4.75. The zero-order valence-electron chi connectivity index (χ0n) is 14.4. The number of carbonyl (C=O) groups excluding carboxylic acids is 1. The van der Waals surface area contributed by atoms with Crippen LogP contribution in [0.1, 0.15) is 36.8 Å². The molecule has 1 saturated carbocycles. The second-order valence-corrected chi connectivity index (χ2v) is 7.71. The number of aliphatic hydroxyl groups is 1. The van der Waals surface area contributed by atoms with Crippen molar-refractivity contribution in [3.8, 4) is 0 Å². The monoisotopic (exact) mass is 328 g/mol. The Morgan fingerprint density at radius 3 is 2.29 bits per heavy atom. The Kier molecular flexibility index (Phi) is 4.59. The number of hydrogen-bond donors (Lipinski definition) is 1.